The number of halogens is 1. The molecule has 1 aliphatic heterocycles. The van der Waals surface area contributed by atoms with Crippen LogP contribution in [0.4, 0.5) is 4.39 Å². The first-order valence-electron chi connectivity index (χ1n) is 11.4. The van der Waals surface area contributed by atoms with Crippen LogP contribution in [0.3, 0.4) is 0 Å². The van der Waals surface area contributed by atoms with Crippen molar-refractivity contribution in [3.05, 3.63) is 57.5 Å². The van der Waals surface area contributed by atoms with Gasteiger partial charge in [0.1, 0.15) is 0 Å². The van der Waals surface area contributed by atoms with Gasteiger partial charge in [0.25, 0.3) is 5.91 Å². The van der Waals surface area contributed by atoms with Crippen molar-refractivity contribution in [2.75, 3.05) is 26.2 Å². The number of Topliss-reactive ketones (excluding diaryl/α,β-unsaturated/α-hetero) is 1. The molecule has 1 N–H and O–H groups in total. The second kappa shape index (κ2) is 10.9. The van der Waals surface area contributed by atoms with Gasteiger partial charge < -0.3 is 19.6 Å². The van der Waals surface area contributed by atoms with Gasteiger partial charge in [0.15, 0.2) is 11.6 Å². The zero-order valence-corrected chi connectivity index (χ0v) is 20.3. The first kappa shape index (κ1) is 24.9. The fourth-order valence-corrected chi connectivity index (χ4v) is 4.94. The highest BCUT2D eigenvalue weighted by molar-refractivity contribution is 7.10. The summed E-state index contributed by atoms with van der Waals surface area (Å²) in [5.41, 5.74) is -0.0923. The summed E-state index contributed by atoms with van der Waals surface area (Å²) in [7, 11) is 0. The molecular formula is C25H31FN2O4S. The van der Waals surface area contributed by atoms with Gasteiger partial charge in [-0.25, -0.2) is 4.39 Å². The Balaban J connectivity index is 1.97. The Kier molecular flexibility index (Phi) is 8.26. The van der Waals surface area contributed by atoms with Crippen LogP contribution in [0.2, 0.25) is 0 Å². The van der Waals surface area contributed by atoms with Gasteiger partial charge >= 0.3 is 0 Å². The number of hydrogen-bond acceptors (Lipinski definition) is 5. The standard InChI is InChI=1S/C25H31FN2O4S/c1-5-27(6-2)12-8-13-28-22(20-9-7-14-33-20)21(24(30)25(28)31)23(29)17-10-11-19(18(26)15-17)32-16(3)4/h7,9-11,14-16,22,29H,5-6,8,12-13H2,1-4H3. The number of thiophene rings is 1. The van der Waals surface area contributed by atoms with Crippen molar-refractivity contribution in [2.24, 2.45) is 0 Å². The molecule has 178 valence electrons. The summed E-state index contributed by atoms with van der Waals surface area (Å²) in [5.74, 6) is -2.75. The number of ether oxygens (including phenoxy) is 1. The summed E-state index contributed by atoms with van der Waals surface area (Å²) < 4.78 is 19.9. The number of carbonyl (C=O) groups is 2. The van der Waals surface area contributed by atoms with Crippen molar-refractivity contribution in [1.82, 2.24) is 4.90 Å². The van der Waals surface area contributed by atoms with Gasteiger partial charge in [-0.3, -0.25) is 9.59 Å². The van der Waals surface area contributed by atoms with E-state index in [1.165, 1.54) is 33.3 Å². The Labute approximate surface area is 198 Å². The maximum Gasteiger partial charge on any atom is 0.295 e. The first-order chi connectivity index (χ1) is 15.8. The second-order valence-corrected chi connectivity index (χ2v) is 9.34. The molecule has 1 amide bonds. The molecule has 0 saturated carbocycles. The number of ketones is 1. The van der Waals surface area contributed by atoms with Gasteiger partial charge in [0, 0.05) is 23.4 Å². The Morgan fingerprint density at radius 2 is 1.97 bits per heavy atom. The van der Waals surface area contributed by atoms with Crippen LogP contribution in [0.5, 0.6) is 5.75 Å². The van der Waals surface area contributed by atoms with E-state index in [1.807, 2.05) is 17.5 Å². The van der Waals surface area contributed by atoms with E-state index < -0.39 is 29.3 Å². The van der Waals surface area contributed by atoms with Crippen LogP contribution in [-0.2, 0) is 9.59 Å². The third kappa shape index (κ3) is 5.45. The fraction of sp³-hybridized carbons (Fsp3) is 0.440. The van der Waals surface area contributed by atoms with E-state index >= 15 is 0 Å². The zero-order valence-electron chi connectivity index (χ0n) is 19.5. The van der Waals surface area contributed by atoms with E-state index in [-0.39, 0.29) is 23.0 Å². The van der Waals surface area contributed by atoms with Gasteiger partial charge in [0.05, 0.1) is 31.8 Å². The van der Waals surface area contributed by atoms with Gasteiger partial charge in [-0.15, -0.1) is 11.3 Å². The molecule has 3 rings (SSSR count). The molecule has 1 saturated heterocycles. The number of amides is 1. The number of carbonyl (C=O) groups excluding carboxylic acids is 2. The van der Waals surface area contributed by atoms with E-state index in [4.69, 9.17) is 4.74 Å². The molecule has 2 heterocycles. The molecule has 2 aromatic rings. The summed E-state index contributed by atoms with van der Waals surface area (Å²) in [6, 6.07) is 6.78. The van der Waals surface area contributed by atoms with Crippen molar-refractivity contribution in [3.63, 3.8) is 0 Å². The maximum absolute atomic E-state index is 14.5. The number of nitrogens with one attached hydrogen (secondary N) is 1. The Morgan fingerprint density at radius 1 is 1.24 bits per heavy atom. The lowest BCUT2D eigenvalue weighted by Crippen LogP contribution is -3.11. The first-order valence-corrected chi connectivity index (χ1v) is 12.3. The van der Waals surface area contributed by atoms with Crippen molar-refractivity contribution < 1.29 is 28.7 Å². The highest BCUT2D eigenvalue weighted by Crippen LogP contribution is 2.40. The monoisotopic (exact) mass is 474 g/mol. The summed E-state index contributed by atoms with van der Waals surface area (Å²) in [5, 5.41) is 15.2. The number of quaternary nitrogens is 1. The van der Waals surface area contributed by atoms with Gasteiger partial charge in [-0.1, -0.05) is 17.9 Å². The average Bonchev–Trinajstić information content (AvgIpc) is 3.40. The number of rotatable bonds is 10. The molecule has 1 fully saturated rings. The van der Waals surface area contributed by atoms with Crippen molar-refractivity contribution in [3.8, 4) is 5.75 Å². The normalized spacial score (nSPS) is 18.0. The van der Waals surface area contributed by atoms with Crippen LogP contribution < -0.4 is 14.7 Å². The maximum atomic E-state index is 14.5. The van der Waals surface area contributed by atoms with Crippen molar-refractivity contribution >= 4 is 28.8 Å². The molecule has 1 atom stereocenters. The van der Waals surface area contributed by atoms with Crippen LogP contribution in [-0.4, -0.2) is 48.9 Å². The predicted octanol–water partition coefficient (Wildman–Crippen LogP) is 2.21. The fourth-order valence-electron chi connectivity index (χ4n) is 4.09. The predicted molar refractivity (Wildman–Crippen MR) is 124 cm³/mol. The third-order valence-electron chi connectivity index (χ3n) is 5.83. The molecule has 0 bridgehead atoms. The zero-order chi connectivity index (χ0) is 24.1. The van der Waals surface area contributed by atoms with Gasteiger partial charge in [-0.05, 0) is 56.8 Å². The minimum Gasteiger partial charge on any atom is -0.872 e. The smallest absolute Gasteiger partial charge is 0.295 e. The summed E-state index contributed by atoms with van der Waals surface area (Å²) in [4.78, 5) is 29.5. The summed E-state index contributed by atoms with van der Waals surface area (Å²) in [6.07, 6.45) is 0.495. The second-order valence-electron chi connectivity index (χ2n) is 8.36. The van der Waals surface area contributed by atoms with Crippen LogP contribution in [0, 0.1) is 5.82 Å². The molecule has 0 radical (unpaired) electrons. The minimum atomic E-state index is -0.809. The van der Waals surface area contributed by atoms with Gasteiger partial charge in [0.2, 0.25) is 5.78 Å². The van der Waals surface area contributed by atoms with Crippen LogP contribution >= 0.6 is 11.3 Å². The Hall–Kier alpha value is -2.71. The Morgan fingerprint density at radius 3 is 2.55 bits per heavy atom. The van der Waals surface area contributed by atoms with Crippen LogP contribution in [0.15, 0.2) is 41.3 Å². The molecule has 6 nitrogen and oxygen atoms in total. The lowest BCUT2D eigenvalue weighted by Gasteiger charge is -2.27. The lowest BCUT2D eigenvalue weighted by atomic mass is 9.99. The summed E-state index contributed by atoms with van der Waals surface area (Å²) in [6.45, 7) is 11.0. The minimum absolute atomic E-state index is 0.0238. The highest BCUT2D eigenvalue weighted by Gasteiger charge is 2.44. The lowest BCUT2D eigenvalue weighted by molar-refractivity contribution is -0.896. The number of nitrogens with zero attached hydrogens (tertiary/aromatic N) is 1. The molecule has 1 aliphatic rings. The van der Waals surface area contributed by atoms with E-state index in [0.717, 1.165) is 37.0 Å². The molecule has 1 unspecified atom stereocenters. The van der Waals surface area contributed by atoms with E-state index in [9.17, 15) is 19.1 Å². The van der Waals surface area contributed by atoms with E-state index in [1.54, 1.807) is 13.8 Å². The average molecular weight is 475 g/mol. The van der Waals surface area contributed by atoms with E-state index in [2.05, 4.69) is 13.8 Å². The number of hydrogen-bond donors (Lipinski definition) is 1. The summed E-state index contributed by atoms with van der Waals surface area (Å²) >= 11 is 1.39. The molecule has 1 aromatic carbocycles. The van der Waals surface area contributed by atoms with Crippen molar-refractivity contribution in [2.45, 2.75) is 46.3 Å². The largest absolute Gasteiger partial charge is 0.872 e. The van der Waals surface area contributed by atoms with Crippen LogP contribution in [0.1, 0.15) is 50.6 Å². The van der Waals surface area contributed by atoms with E-state index in [0.29, 0.717) is 6.54 Å². The molecular weight excluding hydrogens is 443 g/mol. The molecule has 0 spiro atoms. The molecule has 1 aromatic heterocycles. The van der Waals surface area contributed by atoms with Crippen LogP contribution in [0.25, 0.3) is 5.76 Å². The topological polar surface area (TPSA) is 74.1 Å². The Bertz CT molecular complexity index is 1020. The molecule has 33 heavy (non-hydrogen) atoms. The third-order valence-corrected chi connectivity index (χ3v) is 6.75. The molecule has 0 aliphatic carbocycles. The van der Waals surface area contributed by atoms with Gasteiger partial charge in [-0.2, -0.15) is 0 Å². The SMILES string of the molecule is CC[NH+](CC)CCCN1C(=O)C(=O)C(=C([O-])c2ccc(OC(C)C)c(F)c2)C1c1cccs1. The highest BCUT2D eigenvalue weighted by atomic mass is 32.1. The number of benzene rings is 1. The molecule has 8 heteroatoms. The number of likely N-dealkylation sites (tertiary alicyclic amines) is 1. The quantitative estimate of drug-likeness (QED) is 0.326. The van der Waals surface area contributed by atoms with Crippen molar-refractivity contribution in [1.29, 1.82) is 0 Å².